The van der Waals surface area contributed by atoms with E-state index in [9.17, 15) is 4.79 Å². The predicted molar refractivity (Wildman–Crippen MR) is 158 cm³/mol. The lowest BCUT2D eigenvalue weighted by Gasteiger charge is -2.36. The topological polar surface area (TPSA) is 74.3 Å². The third-order valence-corrected chi connectivity index (χ3v) is 8.59. The number of fused-ring (bicyclic) bond motifs is 1. The first-order chi connectivity index (χ1) is 19.5. The fourth-order valence-corrected chi connectivity index (χ4v) is 6.32. The number of ether oxygens (including phenoxy) is 2. The second-order valence-corrected chi connectivity index (χ2v) is 11.7. The van der Waals surface area contributed by atoms with Gasteiger partial charge in [0, 0.05) is 75.7 Å². The molecule has 3 aliphatic rings. The normalized spacial score (nSPS) is 17.4. The number of aromatic nitrogens is 2. The molecule has 9 nitrogen and oxygen atoms in total. The second-order valence-electron chi connectivity index (χ2n) is 9.92. The lowest BCUT2D eigenvalue weighted by Crippen LogP contribution is -2.48. The molecule has 0 aliphatic carbocycles. The van der Waals surface area contributed by atoms with E-state index < -0.39 is 0 Å². The van der Waals surface area contributed by atoms with E-state index in [1.807, 2.05) is 35.2 Å². The Morgan fingerprint density at radius 1 is 0.850 bits per heavy atom. The summed E-state index contributed by atoms with van der Waals surface area (Å²) in [6.07, 6.45) is 0. The zero-order valence-corrected chi connectivity index (χ0v) is 24.3. The van der Waals surface area contributed by atoms with Crippen molar-refractivity contribution in [3.05, 3.63) is 64.3 Å². The average molecular weight is 602 g/mol. The van der Waals surface area contributed by atoms with Gasteiger partial charge < -0.3 is 24.2 Å². The standard InChI is InChI=1S/C28H30Cl2N6O3S/c29-21-2-1-3-22(15-21)34-10-12-35(13-11-34)26-16-25(30)31-28(32-26)40-18-27(37)36-8-6-33(7-9-36)17-20-4-5-23-24(14-20)39-19-38-23/h1-5,14-16H,6-13,17-19H2. The summed E-state index contributed by atoms with van der Waals surface area (Å²) in [5, 5.41) is 1.64. The van der Waals surface area contributed by atoms with E-state index in [0.29, 0.717) is 23.4 Å². The van der Waals surface area contributed by atoms with Crippen molar-refractivity contribution < 1.29 is 14.3 Å². The highest BCUT2D eigenvalue weighted by atomic mass is 35.5. The third kappa shape index (κ3) is 6.52. The van der Waals surface area contributed by atoms with Crippen molar-refractivity contribution >= 4 is 52.4 Å². The van der Waals surface area contributed by atoms with E-state index >= 15 is 0 Å². The molecular formula is C28H30Cl2N6O3S. The zero-order chi connectivity index (χ0) is 27.5. The van der Waals surface area contributed by atoms with Crippen molar-refractivity contribution in [1.29, 1.82) is 0 Å². The number of benzene rings is 2. The van der Waals surface area contributed by atoms with E-state index in [0.717, 1.165) is 73.8 Å². The van der Waals surface area contributed by atoms with Crippen molar-refractivity contribution in [2.24, 2.45) is 0 Å². The molecule has 3 aliphatic heterocycles. The molecule has 40 heavy (non-hydrogen) atoms. The van der Waals surface area contributed by atoms with Crippen LogP contribution in [0.1, 0.15) is 5.56 Å². The number of halogens is 2. The summed E-state index contributed by atoms with van der Waals surface area (Å²) in [5.74, 6) is 2.76. The first kappa shape index (κ1) is 27.3. The highest BCUT2D eigenvalue weighted by Gasteiger charge is 2.24. The quantitative estimate of drug-likeness (QED) is 0.224. The van der Waals surface area contributed by atoms with Crippen LogP contribution in [0.25, 0.3) is 0 Å². The minimum Gasteiger partial charge on any atom is -0.454 e. The van der Waals surface area contributed by atoms with Crippen molar-refractivity contribution in [3.63, 3.8) is 0 Å². The van der Waals surface area contributed by atoms with Crippen LogP contribution in [0.3, 0.4) is 0 Å². The summed E-state index contributed by atoms with van der Waals surface area (Å²) in [5.41, 5.74) is 2.30. The van der Waals surface area contributed by atoms with Crippen LogP contribution < -0.4 is 19.3 Å². The van der Waals surface area contributed by atoms with E-state index in [4.69, 9.17) is 37.7 Å². The van der Waals surface area contributed by atoms with Crippen molar-refractivity contribution in [1.82, 2.24) is 19.8 Å². The molecule has 0 unspecified atom stereocenters. The fraction of sp³-hybridized carbons (Fsp3) is 0.393. The highest BCUT2D eigenvalue weighted by molar-refractivity contribution is 7.99. The monoisotopic (exact) mass is 600 g/mol. The van der Waals surface area contributed by atoms with Crippen LogP contribution in [0, 0.1) is 0 Å². The summed E-state index contributed by atoms with van der Waals surface area (Å²) in [4.78, 5) is 30.9. The number of nitrogens with zero attached hydrogens (tertiary/aromatic N) is 6. The summed E-state index contributed by atoms with van der Waals surface area (Å²) >= 11 is 13.9. The third-order valence-electron chi connectivity index (χ3n) is 7.33. The summed E-state index contributed by atoms with van der Waals surface area (Å²) in [7, 11) is 0. The van der Waals surface area contributed by atoms with Gasteiger partial charge in [0.05, 0.1) is 5.75 Å². The Kier molecular flexibility index (Phi) is 8.38. The van der Waals surface area contributed by atoms with Gasteiger partial charge in [0.1, 0.15) is 11.0 Å². The SMILES string of the molecule is O=C(CSc1nc(Cl)cc(N2CCN(c3cccc(Cl)c3)CC2)n1)N1CCN(Cc2ccc3c(c2)OCO3)CC1. The summed E-state index contributed by atoms with van der Waals surface area (Å²) in [6.45, 7) is 7.45. The molecule has 2 fully saturated rings. The number of rotatable bonds is 7. The van der Waals surface area contributed by atoms with Gasteiger partial charge in [-0.1, -0.05) is 47.1 Å². The molecular weight excluding hydrogens is 571 g/mol. The van der Waals surface area contributed by atoms with Gasteiger partial charge in [0.25, 0.3) is 0 Å². The average Bonchev–Trinajstić information content (AvgIpc) is 3.44. The molecule has 1 amide bonds. The molecule has 2 aromatic carbocycles. The van der Waals surface area contributed by atoms with Gasteiger partial charge in [-0.3, -0.25) is 9.69 Å². The number of piperazine rings is 2. The van der Waals surface area contributed by atoms with Crippen molar-refractivity contribution in [2.45, 2.75) is 11.7 Å². The largest absolute Gasteiger partial charge is 0.454 e. The highest BCUT2D eigenvalue weighted by Crippen LogP contribution is 2.33. The molecule has 6 rings (SSSR count). The van der Waals surface area contributed by atoms with Gasteiger partial charge in [-0.15, -0.1) is 0 Å². The molecule has 4 heterocycles. The van der Waals surface area contributed by atoms with E-state index in [1.54, 1.807) is 6.07 Å². The molecule has 210 valence electrons. The van der Waals surface area contributed by atoms with Crippen LogP contribution in [-0.2, 0) is 11.3 Å². The summed E-state index contributed by atoms with van der Waals surface area (Å²) < 4.78 is 10.9. The second kappa shape index (κ2) is 12.3. The maximum absolute atomic E-state index is 13.0. The number of carbonyl (C=O) groups excluding carboxylic acids is 1. The molecule has 1 aromatic heterocycles. The molecule has 0 N–H and O–H groups in total. The molecule has 12 heteroatoms. The fourth-order valence-electron chi connectivity index (χ4n) is 5.15. The number of hydrogen-bond donors (Lipinski definition) is 0. The number of hydrogen-bond acceptors (Lipinski definition) is 9. The molecule has 0 saturated carbocycles. The van der Waals surface area contributed by atoms with Gasteiger partial charge in [-0.2, -0.15) is 0 Å². The Morgan fingerprint density at radius 3 is 2.42 bits per heavy atom. The lowest BCUT2D eigenvalue weighted by atomic mass is 10.1. The minimum atomic E-state index is 0.0907. The Hall–Kier alpha value is -2.92. The van der Waals surface area contributed by atoms with Crippen LogP contribution in [0.4, 0.5) is 11.5 Å². The Balaban J connectivity index is 0.979. The van der Waals surface area contributed by atoms with Gasteiger partial charge in [0.15, 0.2) is 16.7 Å². The smallest absolute Gasteiger partial charge is 0.233 e. The molecule has 2 saturated heterocycles. The predicted octanol–water partition coefficient (Wildman–Crippen LogP) is 4.28. The van der Waals surface area contributed by atoms with Gasteiger partial charge in [-0.25, -0.2) is 9.97 Å². The maximum atomic E-state index is 13.0. The van der Waals surface area contributed by atoms with E-state index in [-0.39, 0.29) is 18.5 Å². The van der Waals surface area contributed by atoms with E-state index in [2.05, 4.69) is 31.8 Å². The first-order valence-electron chi connectivity index (χ1n) is 13.3. The van der Waals surface area contributed by atoms with Gasteiger partial charge in [0.2, 0.25) is 12.7 Å². The Morgan fingerprint density at radius 2 is 1.62 bits per heavy atom. The number of anilines is 2. The van der Waals surface area contributed by atoms with Crippen LogP contribution in [0.5, 0.6) is 11.5 Å². The number of carbonyl (C=O) groups is 1. The number of amides is 1. The van der Waals surface area contributed by atoms with Crippen LogP contribution in [0.15, 0.2) is 53.7 Å². The Bertz CT molecular complexity index is 1370. The molecule has 0 atom stereocenters. The number of thioether (sulfide) groups is 1. The minimum absolute atomic E-state index is 0.0907. The van der Waals surface area contributed by atoms with Crippen LogP contribution in [-0.4, -0.2) is 90.6 Å². The van der Waals surface area contributed by atoms with Gasteiger partial charge in [-0.05, 0) is 35.9 Å². The van der Waals surface area contributed by atoms with Crippen molar-refractivity contribution in [2.75, 3.05) is 74.7 Å². The van der Waals surface area contributed by atoms with Crippen LogP contribution >= 0.6 is 35.0 Å². The molecule has 3 aromatic rings. The van der Waals surface area contributed by atoms with E-state index in [1.165, 1.54) is 17.3 Å². The molecule has 0 spiro atoms. The summed E-state index contributed by atoms with van der Waals surface area (Å²) in [6, 6.07) is 15.8. The lowest BCUT2D eigenvalue weighted by molar-refractivity contribution is -0.130. The zero-order valence-electron chi connectivity index (χ0n) is 22.0. The first-order valence-corrected chi connectivity index (χ1v) is 15.1. The maximum Gasteiger partial charge on any atom is 0.233 e. The van der Waals surface area contributed by atoms with Crippen molar-refractivity contribution in [3.8, 4) is 11.5 Å². The Labute approximate surface area is 248 Å². The molecule has 0 bridgehead atoms. The molecule has 0 radical (unpaired) electrons. The van der Waals surface area contributed by atoms with Crippen LogP contribution in [0.2, 0.25) is 10.2 Å². The van der Waals surface area contributed by atoms with Gasteiger partial charge >= 0.3 is 0 Å².